The number of alkyl halides is 3. The second-order valence-electron chi connectivity index (χ2n) is 8.66. The number of benzene rings is 1. The van der Waals surface area contributed by atoms with Crippen LogP contribution in [0.15, 0.2) is 28.7 Å². The van der Waals surface area contributed by atoms with Gasteiger partial charge in [0, 0.05) is 23.0 Å². The number of amides is 1. The number of oxazole rings is 1. The maximum atomic E-state index is 13.2. The smallest absolute Gasteiger partial charge is 0.433 e. The predicted octanol–water partition coefficient (Wildman–Crippen LogP) is 2.75. The predicted molar refractivity (Wildman–Crippen MR) is 124 cm³/mol. The van der Waals surface area contributed by atoms with Crippen LogP contribution in [0.4, 0.5) is 13.2 Å². The summed E-state index contributed by atoms with van der Waals surface area (Å²) in [5, 5.41) is 3.06. The molecule has 194 valence electrons. The molecule has 1 fully saturated rings. The highest BCUT2D eigenvalue weighted by Gasteiger charge is 2.35. The molecule has 1 aliphatic rings. The Kier molecular flexibility index (Phi) is 6.70. The van der Waals surface area contributed by atoms with E-state index in [1.54, 1.807) is 13.0 Å². The molecule has 14 heteroatoms. The van der Waals surface area contributed by atoms with E-state index in [9.17, 15) is 26.4 Å². The number of carbonyl (C=O) groups excluding carboxylic acids is 1. The molecule has 1 saturated carbocycles. The largest absolute Gasteiger partial charge is 0.494 e. The normalized spacial score (nSPS) is 19.1. The highest BCUT2D eigenvalue weighted by molar-refractivity contribution is 7.88. The average Bonchev–Trinajstić information content (AvgIpc) is 3.20. The molecule has 2 aromatic heterocycles. The number of methoxy groups -OCH3 is 1. The number of aromatic nitrogens is 2. The molecular weight excluding hydrogens is 503 g/mol. The summed E-state index contributed by atoms with van der Waals surface area (Å²) < 4.78 is 75.8. The maximum Gasteiger partial charge on any atom is 0.433 e. The molecule has 0 aliphatic heterocycles. The van der Waals surface area contributed by atoms with Crippen LogP contribution in [0.1, 0.15) is 47.7 Å². The lowest BCUT2D eigenvalue weighted by Crippen LogP contribution is -2.53. The number of nitrogens with zero attached hydrogens (tertiary/aromatic N) is 2. The van der Waals surface area contributed by atoms with Crippen molar-refractivity contribution in [3.05, 3.63) is 41.4 Å². The van der Waals surface area contributed by atoms with Crippen molar-refractivity contribution in [2.75, 3.05) is 13.4 Å². The van der Waals surface area contributed by atoms with Gasteiger partial charge in [-0.15, -0.1) is 0 Å². The number of fused-ring (bicyclic) bond motifs is 1. The molecule has 0 unspecified atom stereocenters. The summed E-state index contributed by atoms with van der Waals surface area (Å²) in [6.45, 7) is 1.60. The number of halogens is 3. The van der Waals surface area contributed by atoms with Crippen LogP contribution < -0.4 is 20.5 Å². The first-order chi connectivity index (χ1) is 16.8. The van der Waals surface area contributed by atoms with E-state index in [4.69, 9.17) is 14.9 Å². The summed E-state index contributed by atoms with van der Waals surface area (Å²) in [5.41, 5.74) is 5.09. The Labute approximate surface area is 204 Å². The Morgan fingerprint density at radius 2 is 1.89 bits per heavy atom. The summed E-state index contributed by atoms with van der Waals surface area (Å²) in [6.07, 6.45) is -2.77. The molecule has 0 bridgehead atoms. The number of hydrogen-bond acceptors (Lipinski definition) is 8. The molecule has 1 atom stereocenters. The monoisotopic (exact) mass is 527 g/mol. The molecule has 0 saturated heterocycles. The number of nitrogens with one attached hydrogen (secondary N) is 2. The number of hydrogen-bond donors (Lipinski definition) is 3. The zero-order valence-corrected chi connectivity index (χ0v) is 20.3. The van der Waals surface area contributed by atoms with Crippen molar-refractivity contribution in [2.45, 2.75) is 44.1 Å². The fourth-order valence-electron chi connectivity index (χ4n) is 4.01. The summed E-state index contributed by atoms with van der Waals surface area (Å²) in [5.74, 6) is -0.363. The molecule has 4 N–H and O–H groups in total. The fraction of sp³-hybridized carbons (Fsp3) is 0.409. The van der Waals surface area contributed by atoms with Gasteiger partial charge in [-0.05, 0) is 44.0 Å². The Morgan fingerprint density at radius 3 is 2.47 bits per heavy atom. The zero-order chi connectivity index (χ0) is 26.4. The van der Waals surface area contributed by atoms with Crippen molar-refractivity contribution < 1.29 is 35.5 Å². The van der Waals surface area contributed by atoms with Crippen LogP contribution in [-0.2, 0) is 16.2 Å². The van der Waals surface area contributed by atoms with Gasteiger partial charge in [-0.2, -0.15) is 13.2 Å². The number of carbonyl (C=O) groups is 1. The molecule has 4 rings (SSSR count). The Bertz CT molecular complexity index is 1420. The van der Waals surface area contributed by atoms with Crippen molar-refractivity contribution in [3.63, 3.8) is 0 Å². The lowest BCUT2D eigenvalue weighted by molar-refractivity contribution is -0.140. The van der Waals surface area contributed by atoms with Crippen LogP contribution in [0.2, 0.25) is 0 Å². The van der Waals surface area contributed by atoms with E-state index in [1.807, 2.05) is 0 Å². The second-order valence-corrected chi connectivity index (χ2v) is 10.4. The van der Waals surface area contributed by atoms with E-state index in [0.717, 1.165) is 12.3 Å². The Morgan fingerprint density at radius 1 is 1.19 bits per heavy atom. The van der Waals surface area contributed by atoms with Crippen molar-refractivity contribution in [3.8, 4) is 17.2 Å². The summed E-state index contributed by atoms with van der Waals surface area (Å²) in [6, 6.07) is 3.79. The second kappa shape index (κ2) is 9.33. The number of pyridine rings is 1. The van der Waals surface area contributed by atoms with E-state index in [0.29, 0.717) is 18.4 Å². The van der Waals surface area contributed by atoms with Crippen LogP contribution in [0.3, 0.4) is 0 Å². The number of rotatable bonds is 7. The molecule has 0 radical (unpaired) electrons. The van der Waals surface area contributed by atoms with Gasteiger partial charge in [0.1, 0.15) is 17.0 Å². The fourth-order valence-corrected chi connectivity index (χ4v) is 4.81. The Hall–Kier alpha value is -3.23. The van der Waals surface area contributed by atoms with Gasteiger partial charge in [0.15, 0.2) is 11.5 Å². The van der Waals surface area contributed by atoms with Crippen molar-refractivity contribution in [2.24, 2.45) is 5.73 Å². The number of sulfonamides is 1. The molecule has 10 nitrogen and oxygen atoms in total. The summed E-state index contributed by atoms with van der Waals surface area (Å²) in [4.78, 5) is 21.0. The van der Waals surface area contributed by atoms with Crippen molar-refractivity contribution >= 4 is 26.8 Å². The summed E-state index contributed by atoms with van der Waals surface area (Å²) >= 11 is 0. The third-order valence-electron chi connectivity index (χ3n) is 5.70. The number of nitrogens with two attached hydrogens (primary N) is 1. The molecular formula is C22H24F3N5O5S. The van der Waals surface area contributed by atoms with Gasteiger partial charge in [0.05, 0.1) is 19.4 Å². The quantitative estimate of drug-likeness (QED) is 0.425. The van der Waals surface area contributed by atoms with Crippen LogP contribution in [-0.4, -0.2) is 49.7 Å². The third kappa shape index (κ3) is 5.29. The SMILES string of the molecule is COc1ccc(-c2nc(C(=O)N[C@H]3C[C@H](NS(C)(=O)=O)C3)c([C@H](C)N)o2)c2ccc(C(F)(F)F)nc12. The van der Waals surface area contributed by atoms with Gasteiger partial charge in [-0.25, -0.2) is 23.1 Å². The molecule has 3 aromatic rings. The third-order valence-corrected chi connectivity index (χ3v) is 6.46. The van der Waals surface area contributed by atoms with Crippen LogP contribution in [0, 0.1) is 0 Å². The van der Waals surface area contributed by atoms with Crippen molar-refractivity contribution in [1.82, 2.24) is 20.0 Å². The van der Waals surface area contributed by atoms with Gasteiger partial charge >= 0.3 is 6.18 Å². The molecule has 0 spiro atoms. The van der Waals surface area contributed by atoms with Gasteiger partial charge in [-0.3, -0.25) is 4.79 Å². The van der Waals surface area contributed by atoms with Crippen LogP contribution in [0.25, 0.3) is 22.4 Å². The van der Waals surface area contributed by atoms with Gasteiger partial charge < -0.3 is 20.2 Å². The molecule has 1 aromatic carbocycles. The molecule has 1 aliphatic carbocycles. The first kappa shape index (κ1) is 25.9. The zero-order valence-electron chi connectivity index (χ0n) is 19.5. The minimum atomic E-state index is -4.65. The first-order valence-electron chi connectivity index (χ1n) is 10.9. The van der Waals surface area contributed by atoms with Crippen LogP contribution >= 0.6 is 0 Å². The van der Waals surface area contributed by atoms with Gasteiger partial charge in [-0.1, -0.05) is 0 Å². The van der Waals surface area contributed by atoms with E-state index >= 15 is 0 Å². The molecule has 1 amide bonds. The minimum absolute atomic E-state index is 0.0214. The van der Waals surface area contributed by atoms with Crippen molar-refractivity contribution in [1.29, 1.82) is 0 Å². The lowest BCUT2D eigenvalue weighted by Gasteiger charge is -2.35. The average molecular weight is 528 g/mol. The first-order valence-corrected chi connectivity index (χ1v) is 12.8. The standard InChI is InChI=1S/C22H24F3N5O5S/c1-10(26)19-18(20(31)27-11-8-12(9-11)30-36(3,32)33)29-21(35-19)14-4-6-15(34-2)17-13(14)5-7-16(28-17)22(23,24)25/h4-7,10-12,30H,8-9,26H2,1-3H3,(H,27,31)/t10-,11-,12-/m0/s1. The van der Waals surface area contributed by atoms with E-state index in [1.165, 1.54) is 19.2 Å². The summed E-state index contributed by atoms with van der Waals surface area (Å²) in [7, 11) is -2.04. The maximum absolute atomic E-state index is 13.2. The lowest BCUT2D eigenvalue weighted by atomic mass is 9.87. The van der Waals surface area contributed by atoms with E-state index in [2.05, 4.69) is 20.0 Å². The highest BCUT2D eigenvalue weighted by Crippen LogP contribution is 2.37. The number of ether oxygens (including phenoxy) is 1. The van der Waals surface area contributed by atoms with E-state index < -0.39 is 33.8 Å². The van der Waals surface area contributed by atoms with Gasteiger partial charge in [0.25, 0.3) is 5.91 Å². The van der Waals surface area contributed by atoms with E-state index in [-0.39, 0.29) is 46.1 Å². The van der Waals surface area contributed by atoms with Gasteiger partial charge in [0.2, 0.25) is 15.9 Å². The minimum Gasteiger partial charge on any atom is -0.494 e. The molecule has 2 heterocycles. The topological polar surface area (TPSA) is 149 Å². The highest BCUT2D eigenvalue weighted by atomic mass is 32.2. The van der Waals surface area contributed by atoms with Crippen LogP contribution in [0.5, 0.6) is 5.75 Å². The molecule has 36 heavy (non-hydrogen) atoms. The Balaban J connectivity index is 1.66.